The molecule has 6 heteroatoms. The average molecular weight is 319 g/mol. The molecule has 1 N–H and O–H groups in total. The van der Waals surface area contributed by atoms with E-state index in [2.05, 4.69) is 5.32 Å². The van der Waals surface area contributed by atoms with Crippen LogP contribution in [0.2, 0.25) is 5.02 Å². The van der Waals surface area contributed by atoms with Gasteiger partial charge in [-0.3, -0.25) is 4.79 Å². The third-order valence-electron chi connectivity index (χ3n) is 3.43. The number of carbonyl (C=O) groups is 1. The molecule has 0 aliphatic carbocycles. The molecule has 0 saturated carbocycles. The molecule has 1 saturated heterocycles. The predicted molar refractivity (Wildman–Crippen MR) is 82.9 cm³/mol. The van der Waals surface area contributed by atoms with Crippen molar-refractivity contribution in [3.63, 3.8) is 0 Å². The van der Waals surface area contributed by atoms with E-state index < -0.39 is 0 Å². The molecule has 0 atom stereocenters. The summed E-state index contributed by atoms with van der Waals surface area (Å²) in [5.41, 5.74) is 0. The van der Waals surface area contributed by atoms with Crippen molar-refractivity contribution in [3.05, 3.63) is 29.3 Å². The van der Waals surface area contributed by atoms with E-state index in [4.69, 9.17) is 16.3 Å². The van der Waals surface area contributed by atoms with E-state index >= 15 is 0 Å². The fraction of sp³-hybridized carbons (Fsp3) is 0.500. The molecule has 1 aromatic carbocycles. The van der Waals surface area contributed by atoms with E-state index in [-0.39, 0.29) is 24.9 Å². The van der Waals surface area contributed by atoms with Crippen molar-refractivity contribution in [1.82, 2.24) is 10.2 Å². The molecule has 1 aromatic rings. The Balaban J connectivity index is 0.00000200. The Hall–Kier alpha value is -0.970. The van der Waals surface area contributed by atoms with Gasteiger partial charge in [0.25, 0.3) is 5.91 Å². The van der Waals surface area contributed by atoms with Crippen molar-refractivity contribution in [1.29, 1.82) is 0 Å². The lowest BCUT2D eigenvalue weighted by Gasteiger charge is -2.31. The van der Waals surface area contributed by atoms with Crippen LogP contribution in [0.4, 0.5) is 0 Å². The summed E-state index contributed by atoms with van der Waals surface area (Å²) in [5, 5.41) is 3.90. The van der Waals surface area contributed by atoms with Gasteiger partial charge < -0.3 is 15.0 Å². The Bertz CT molecular complexity index is 418. The number of rotatable bonds is 4. The molecule has 0 unspecified atom stereocenters. The number of carbonyl (C=O) groups excluding carboxylic acids is 1. The molecule has 0 aromatic heterocycles. The highest BCUT2D eigenvalue weighted by Crippen LogP contribution is 2.16. The van der Waals surface area contributed by atoms with Crippen LogP contribution in [0, 0.1) is 0 Å². The molecule has 0 spiro atoms. The van der Waals surface area contributed by atoms with Gasteiger partial charge in [0.15, 0.2) is 6.61 Å². The highest BCUT2D eigenvalue weighted by atomic mass is 35.5. The minimum absolute atomic E-state index is 0. The number of halogens is 2. The van der Waals surface area contributed by atoms with Crippen molar-refractivity contribution >= 4 is 29.9 Å². The van der Waals surface area contributed by atoms with E-state index in [1.165, 1.54) is 0 Å². The quantitative estimate of drug-likeness (QED) is 0.926. The number of likely N-dealkylation sites (tertiary alicyclic amines) is 1. The van der Waals surface area contributed by atoms with Crippen LogP contribution >= 0.6 is 24.0 Å². The van der Waals surface area contributed by atoms with Gasteiger partial charge in [0, 0.05) is 24.2 Å². The van der Waals surface area contributed by atoms with E-state index in [0.29, 0.717) is 16.8 Å². The lowest BCUT2D eigenvalue weighted by atomic mass is 10.1. The second-order valence-electron chi connectivity index (χ2n) is 4.69. The summed E-state index contributed by atoms with van der Waals surface area (Å²) in [5.74, 6) is 0.715. The number of ether oxygens (including phenoxy) is 1. The maximum atomic E-state index is 12.0. The number of nitrogens with zero attached hydrogens (tertiary/aromatic N) is 1. The van der Waals surface area contributed by atoms with Gasteiger partial charge in [0.2, 0.25) is 0 Å². The Morgan fingerprint density at radius 3 is 2.50 bits per heavy atom. The Labute approximate surface area is 130 Å². The van der Waals surface area contributed by atoms with Crippen molar-refractivity contribution in [2.24, 2.45) is 0 Å². The summed E-state index contributed by atoms with van der Waals surface area (Å²) in [6.45, 7) is 1.69. The molecule has 0 radical (unpaired) electrons. The number of nitrogens with one attached hydrogen (secondary N) is 1. The van der Waals surface area contributed by atoms with Crippen LogP contribution in [0.5, 0.6) is 5.75 Å². The molecule has 1 aliphatic heterocycles. The molecule has 4 nitrogen and oxygen atoms in total. The third-order valence-corrected chi connectivity index (χ3v) is 3.68. The van der Waals surface area contributed by atoms with Gasteiger partial charge in [0.05, 0.1) is 0 Å². The lowest BCUT2D eigenvalue weighted by Crippen LogP contribution is -2.45. The Morgan fingerprint density at radius 1 is 1.35 bits per heavy atom. The Morgan fingerprint density at radius 2 is 1.95 bits per heavy atom. The number of hydrogen-bond acceptors (Lipinski definition) is 3. The highest BCUT2D eigenvalue weighted by Gasteiger charge is 2.21. The van der Waals surface area contributed by atoms with Gasteiger partial charge >= 0.3 is 0 Å². The molecule has 1 amide bonds. The minimum Gasteiger partial charge on any atom is -0.484 e. The fourth-order valence-electron chi connectivity index (χ4n) is 2.18. The SMILES string of the molecule is CNC1CCN(C(=O)COc2ccc(Cl)cc2)CC1.Cl. The maximum Gasteiger partial charge on any atom is 0.260 e. The first-order valence-electron chi connectivity index (χ1n) is 6.52. The van der Waals surface area contributed by atoms with Crippen molar-refractivity contribution in [2.75, 3.05) is 26.7 Å². The monoisotopic (exact) mass is 318 g/mol. The predicted octanol–water partition coefficient (Wildman–Crippen LogP) is 2.35. The van der Waals surface area contributed by atoms with Gasteiger partial charge in [0.1, 0.15) is 5.75 Å². The first-order valence-corrected chi connectivity index (χ1v) is 6.90. The number of benzene rings is 1. The van der Waals surface area contributed by atoms with Gasteiger partial charge in [-0.05, 0) is 44.2 Å². The fourth-order valence-corrected chi connectivity index (χ4v) is 2.31. The lowest BCUT2D eigenvalue weighted by molar-refractivity contribution is -0.134. The Kier molecular flexibility index (Phi) is 7.13. The van der Waals surface area contributed by atoms with Crippen LogP contribution in [0.25, 0.3) is 0 Å². The van der Waals surface area contributed by atoms with Crippen LogP contribution in [0.15, 0.2) is 24.3 Å². The molecule has 1 heterocycles. The molecule has 0 bridgehead atoms. The van der Waals surface area contributed by atoms with Crippen molar-refractivity contribution in [3.8, 4) is 5.75 Å². The van der Waals surface area contributed by atoms with Gasteiger partial charge in [-0.1, -0.05) is 11.6 Å². The van der Waals surface area contributed by atoms with Crippen LogP contribution < -0.4 is 10.1 Å². The zero-order valence-electron chi connectivity index (χ0n) is 11.5. The second kappa shape index (κ2) is 8.35. The summed E-state index contributed by atoms with van der Waals surface area (Å²) < 4.78 is 5.46. The highest BCUT2D eigenvalue weighted by molar-refractivity contribution is 6.30. The first-order chi connectivity index (χ1) is 9.19. The molecular weight excluding hydrogens is 299 g/mol. The van der Waals surface area contributed by atoms with E-state index in [9.17, 15) is 4.79 Å². The topological polar surface area (TPSA) is 41.6 Å². The van der Waals surface area contributed by atoms with Crippen molar-refractivity contribution < 1.29 is 9.53 Å². The van der Waals surface area contributed by atoms with Crippen molar-refractivity contribution in [2.45, 2.75) is 18.9 Å². The van der Waals surface area contributed by atoms with Gasteiger partial charge in [-0.2, -0.15) is 0 Å². The summed E-state index contributed by atoms with van der Waals surface area (Å²) in [6.07, 6.45) is 2.01. The zero-order chi connectivity index (χ0) is 13.7. The second-order valence-corrected chi connectivity index (χ2v) is 5.12. The summed E-state index contributed by atoms with van der Waals surface area (Å²) in [6, 6.07) is 7.56. The maximum absolute atomic E-state index is 12.0. The minimum atomic E-state index is 0. The smallest absolute Gasteiger partial charge is 0.260 e. The molecule has 112 valence electrons. The largest absolute Gasteiger partial charge is 0.484 e. The standard InChI is InChI=1S/C14H19ClN2O2.ClH/c1-16-12-6-8-17(9-7-12)14(18)10-19-13-4-2-11(15)3-5-13;/h2-5,12,16H,6-10H2,1H3;1H. The normalized spacial score (nSPS) is 15.6. The first kappa shape index (κ1) is 17.1. The van der Waals surface area contributed by atoms with Gasteiger partial charge in [-0.25, -0.2) is 0 Å². The number of hydrogen-bond donors (Lipinski definition) is 1. The zero-order valence-corrected chi connectivity index (χ0v) is 13.0. The van der Waals surface area contributed by atoms with Crippen LogP contribution in [0.3, 0.4) is 0 Å². The van der Waals surface area contributed by atoms with E-state index in [1.807, 2.05) is 11.9 Å². The van der Waals surface area contributed by atoms with E-state index in [0.717, 1.165) is 25.9 Å². The summed E-state index contributed by atoms with van der Waals surface area (Å²) in [7, 11) is 1.96. The third kappa shape index (κ3) is 4.85. The summed E-state index contributed by atoms with van der Waals surface area (Å²) >= 11 is 5.79. The van der Waals surface area contributed by atoms with Crippen LogP contribution in [-0.4, -0.2) is 43.6 Å². The summed E-state index contributed by atoms with van der Waals surface area (Å²) in [4.78, 5) is 13.9. The van der Waals surface area contributed by atoms with Crippen LogP contribution in [-0.2, 0) is 4.79 Å². The van der Waals surface area contributed by atoms with Crippen LogP contribution in [0.1, 0.15) is 12.8 Å². The molecule has 1 aliphatic rings. The molecule has 20 heavy (non-hydrogen) atoms. The number of amides is 1. The molecular formula is C14H20Cl2N2O2. The number of piperidine rings is 1. The average Bonchev–Trinajstić information content (AvgIpc) is 2.46. The molecule has 1 fully saturated rings. The molecule has 2 rings (SSSR count). The van der Waals surface area contributed by atoms with Gasteiger partial charge in [-0.15, -0.1) is 12.4 Å². The van der Waals surface area contributed by atoms with E-state index in [1.54, 1.807) is 24.3 Å².